The van der Waals surface area contributed by atoms with Crippen molar-refractivity contribution >= 4 is 11.9 Å². The number of amides is 1. The highest BCUT2D eigenvalue weighted by Gasteiger charge is 2.33. The van der Waals surface area contributed by atoms with Crippen molar-refractivity contribution in [2.75, 3.05) is 0 Å². The van der Waals surface area contributed by atoms with Gasteiger partial charge in [-0.15, -0.1) is 5.10 Å². The number of hydrogen-bond acceptors (Lipinski definition) is 4. The van der Waals surface area contributed by atoms with Crippen molar-refractivity contribution in [1.82, 2.24) is 20.3 Å². The minimum absolute atomic E-state index is 0.0445. The van der Waals surface area contributed by atoms with Gasteiger partial charge in [-0.1, -0.05) is 49.4 Å². The van der Waals surface area contributed by atoms with Gasteiger partial charge >= 0.3 is 5.97 Å². The van der Waals surface area contributed by atoms with Crippen LogP contribution in [-0.2, 0) is 11.3 Å². The second-order valence-electron chi connectivity index (χ2n) is 6.38. The van der Waals surface area contributed by atoms with E-state index < -0.39 is 17.4 Å². The van der Waals surface area contributed by atoms with Gasteiger partial charge in [0, 0.05) is 0 Å². The topological polar surface area (TPSA) is 97.1 Å². The summed E-state index contributed by atoms with van der Waals surface area (Å²) in [5, 5.41) is 19.7. The molecule has 0 saturated heterocycles. The van der Waals surface area contributed by atoms with E-state index >= 15 is 0 Å². The van der Waals surface area contributed by atoms with E-state index in [9.17, 15) is 9.59 Å². The van der Waals surface area contributed by atoms with Crippen LogP contribution in [0.2, 0.25) is 0 Å². The number of rotatable bonds is 7. The molecule has 7 heteroatoms. The zero-order chi connectivity index (χ0) is 17.7. The van der Waals surface area contributed by atoms with Gasteiger partial charge in [-0.05, 0) is 18.4 Å². The molecule has 2 N–H and O–H groups in total. The first-order valence-electron chi connectivity index (χ1n) is 7.78. The predicted octanol–water partition coefficient (Wildman–Crippen LogP) is 1.95. The van der Waals surface area contributed by atoms with Gasteiger partial charge in [0.2, 0.25) is 0 Å². The van der Waals surface area contributed by atoms with Crippen molar-refractivity contribution in [2.24, 2.45) is 5.92 Å². The van der Waals surface area contributed by atoms with Crippen molar-refractivity contribution in [3.63, 3.8) is 0 Å². The van der Waals surface area contributed by atoms with Crippen LogP contribution in [0.15, 0.2) is 36.5 Å². The third-order valence-electron chi connectivity index (χ3n) is 4.15. The fourth-order valence-corrected chi connectivity index (χ4v) is 2.28. The van der Waals surface area contributed by atoms with Crippen molar-refractivity contribution in [3.05, 3.63) is 47.8 Å². The van der Waals surface area contributed by atoms with Crippen molar-refractivity contribution in [3.8, 4) is 0 Å². The third kappa shape index (κ3) is 4.41. The second-order valence-corrected chi connectivity index (χ2v) is 6.38. The summed E-state index contributed by atoms with van der Waals surface area (Å²) in [6.45, 7) is 5.97. The summed E-state index contributed by atoms with van der Waals surface area (Å²) in [7, 11) is 0. The third-order valence-corrected chi connectivity index (χ3v) is 4.15. The lowest BCUT2D eigenvalue weighted by Crippen LogP contribution is -2.51. The lowest BCUT2D eigenvalue weighted by molar-refractivity contribution is -0.138. The molecule has 1 atom stereocenters. The van der Waals surface area contributed by atoms with E-state index in [1.165, 1.54) is 0 Å². The number of nitrogens with zero attached hydrogens (tertiary/aromatic N) is 3. The van der Waals surface area contributed by atoms with Crippen molar-refractivity contribution in [1.29, 1.82) is 0 Å². The lowest BCUT2D eigenvalue weighted by atomic mass is 9.85. The Balaban J connectivity index is 2.08. The van der Waals surface area contributed by atoms with Gasteiger partial charge in [0.25, 0.3) is 5.91 Å². The molecular weight excluding hydrogens is 308 g/mol. The first-order valence-corrected chi connectivity index (χ1v) is 7.78. The number of carboxylic acids is 1. The monoisotopic (exact) mass is 330 g/mol. The largest absolute Gasteiger partial charge is 0.481 e. The smallest absolute Gasteiger partial charge is 0.305 e. The molecule has 24 heavy (non-hydrogen) atoms. The Hall–Kier alpha value is -2.70. The van der Waals surface area contributed by atoms with Gasteiger partial charge in [0.1, 0.15) is 0 Å². The van der Waals surface area contributed by atoms with E-state index in [2.05, 4.69) is 15.6 Å². The van der Waals surface area contributed by atoms with Crippen LogP contribution in [-0.4, -0.2) is 37.5 Å². The molecule has 7 nitrogen and oxygen atoms in total. The molecule has 2 rings (SSSR count). The van der Waals surface area contributed by atoms with Gasteiger partial charge in [-0.3, -0.25) is 9.59 Å². The van der Waals surface area contributed by atoms with Gasteiger partial charge in [0.15, 0.2) is 5.69 Å². The summed E-state index contributed by atoms with van der Waals surface area (Å²) < 4.78 is 1.58. The number of aliphatic carboxylic acids is 1. The van der Waals surface area contributed by atoms with E-state index in [1.807, 2.05) is 44.2 Å². The highest BCUT2D eigenvalue weighted by Crippen LogP contribution is 2.21. The lowest BCUT2D eigenvalue weighted by Gasteiger charge is -2.33. The molecular formula is C17H22N4O3. The van der Waals surface area contributed by atoms with Crippen LogP contribution in [0.4, 0.5) is 0 Å². The first kappa shape index (κ1) is 17.7. The Labute approximate surface area is 140 Å². The van der Waals surface area contributed by atoms with Gasteiger partial charge in [-0.25, -0.2) is 4.68 Å². The average Bonchev–Trinajstić information content (AvgIpc) is 2.96. The zero-order valence-electron chi connectivity index (χ0n) is 14.1. The summed E-state index contributed by atoms with van der Waals surface area (Å²) in [5.74, 6) is -1.43. The molecule has 1 aromatic heterocycles. The average molecular weight is 330 g/mol. The molecule has 0 aliphatic rings. The first-order chi connectivity index (χ1) is 11.3. The molecule has 0 radical (unpaired) electrons. The van der Waals surface area contributed by atoms with Crippen LogP contribution in [0.25, 0.3) is 0 Å². The Kier molecular flexibility index (Phi) is 5.33. The molecule has 128 valence electrons. The molecule has 0 aliphatic carbocycles. The van der Waals surface area contributed by atoms with Gasteiger partial charge in [0.05, 0.1) is 24.7 Å². The number of carboxylic acid groups (broad SMARTS) is 1. The van der Waals surface area contributed by atoms with Crippen LogP contribution in [0, 0.1) is 5.92 Å². The highest BCUT2D eigenvalue weighted by atomic mass is 16.4. The minimum atomic E-state index is -0.959. The van der Waals surface area contributed by atoms with Crippen molar-refractivity contribution in [2.45, 2.75) is 39.3 Å². The number of aromatic nitrogens is 3. The molecule has 0 bridgehead atoms. The maximum atomic E-state index is 12.4. The van der Waals surface area contributed by atoms with E-state index in [4.69, 9.17) is 5.11 Å². The molecule has 1 unspecified atom stereocenters. The Morgan fingerprint density at radius 2 is 1.96 bits per heavy atom. The standard InChI is InChI=1S/C17H22N4O3/c1-12(2)17(3,9-15(22)23)18-16(24)14-11-21(20-19-14)10-13-7-5-4-6-8-13/h4-8,11-12H,9-10H2,1-3H3,(H,18,24)(H,22,23). The molecule has 0 fully saturated rings. The molecule has 1 amide bonds. The normalized spacial score (nSPS) is 13.5. The van der Waals surface area contributed by atoms with E-state index in [-0.39, 0.29) is 18.0 Å². The van der Waals surface area contributed by atoms with Crippen LogP contribution in [0.3, 0.4) is 0 Å². The number of benzene rings is 1. The Morgan fingerprint density at radius 1 is 1.29 bits per heavy atom. The molecule has 1 heterocycles. The minimum Gasteiger partial charge on any atom is -0.481 e. The summed E-state index contributed by atoms with van der Waals surface area (Å²) >= 11 is 0. The van der Waals surface area contributed by atoms with Crippen LogP contribution >= 0.6 is 0 Å². The van der Waals surface area contributed by atoms with Crippen molar-refractivity contribution < 1.29 is 14.7 Å². The molecule has 1 aromatic carbocycles. The number of nitrogens with one attached hydrogen (secondary N) is 1. The van der Waals surface area contributed by atoms with Crippen LogP contribution in [0.1, 0.15) is 43.2 Å². The summed E-state index contributed by atoms with van der Waals surface area (Å²) in [4.78, 5) is 23.5. The zero-order valence-corrected chi connectivity index (χ0v) is 14.1. The number of hydrogen-bond donors (Lipinski definition) is 2. The van der Waals surface area contributed by atoms with Gasteiger partial charge < -0.3 is 10.4 Å². The van der Waals surface area contributed by atoms with Gasteiger partial charge in [-0.2, -0.15) is 0 Å². The fraction of sp³-hybridized carbons (Fsp3) is 0.412. The van der Waals surface area contributed by atoms with E-state index in [0.29, 0.717) is 6.54 Å². The SMILES string of the molecule is CC(C)C(C)(CC(=O)O)NC(=O)c1cn(Cc2ccccc2)nn1. The quantitative estimate of drug-likeness (QED) is 0.808. The fourth-order valence-electron chi connectivity index (χ4n) is 2.28. The predicted molar refractivity (Wildman–Crippen MR) is 88.5 cm³/mol. The number of carbonyl (C=O) groups excluding carboxylic acids is 1. The molecule has 0 aliphatic heterocycles. The summed E-state index contributed by atoms with van der Waals surface area (Å²) in [6, 6.07) is 9.72. The van der Waals surface area contributed by atoms with E-state index in [0.717, 1.165) is 5.56 Å². The molecule has 0 saturated carbocycles. The second kappa shape index (κ2) is 7.25. The summed E-state index contributed by atoms with van der Waals surface area (Å²) in [5.41, 5.74) is 0.363. The highest BCUT2D eigenvalue weighted by molar-refractivity contribution is 5.92. The van der Waals surface area contributed by atoms with Crippen LogP contribution < -0.4 is 5.32 Å². The Morgan fingerprint density at radius 3 is 2.54 bits per heavy atom. The summed E-state index contributed by atoms with van der Waals surface area (Å²) in [6.07, 6.45) is 1.40. The van der Waals surface area contributed by atoms with E-state index in [1.54, 1.807) is 17.8 Å². The number of carbonyl (C=O) groups is 2. The van der Waals surface area contributed by atoms with Crippen LogP contribution in [0.5, 0.6) is 0 Å². The maximum absolute atomic E-state index is 12.4. The molecule has 0 spiro atoms. The maximum Gasteiger partial charge on any atom is 0.305 e. The Bertz CT molecular complexity index is 712. The molecule has 2 aromatic rings.